The number of nitrogens with one attached hydrogen (secondary N) is 1. The fraction of sp³-hybridized carbons (Fsp3) is 0.786. The average molecular weight is 374 g/mol. The van der Waals surface area contributed by atoms with E-state index in [1.807, 2.05) is 6.92 Å². The molecule has 1 aliphatic carbocycles. The van der Waals surface area contributed by atoms with Gasteiger partial charge in [0.2, 0.25) is 15.9 Å². The van der Waals surface area contributed by atoms with E-state index in [9.17, 15) is 13.2 Å². The first kappa shape index (κ1) is 17.7. The van der Waals surface area contributed by atoms with Crippen LogP contribution in [0.5, 0.6) is 0 Å². The van der Waals surface area contributed by atoms with Crippen molar-refractivity contribution in [3.63, 3.8) is 0 Å². The molecule has 1 aromatic heterocycles. The van der Waals surface area contributed by atoms with Crippen molar-refractivity contribution in [2.45, 2.75) is 50.4 Å². The zero-order valence-electron chi connectivity index (χ0n) is 13.6. The van der Waals surface area contributed by atoms with Crippen LogP contribution in [0.1, 0.15) is 36.2 Å². The van der Waals surface area contributed by atoms with Gasteiger partial charge in [-0.1, -0.05) is 18.3 Å². The van der Waals surface area contributed by atoms with Crippen LogP contribution in [0.2, 0.25) is 0 Å². The molecule has 1 atom stereocenters. The molecule has 1 saturated carbocycles. The predicted octanol–water partition coefficient (Wildman–Crippen LogP) is 0.300. The van der Waals surface area contributed by atoms with Gasteiger partial charge in [0.1, 0.15) is 10.0 Å². The molecule has 2 heterocycles. The van der Waals surface area contributed by atoms with Crippen LogP contribution >= 0.6 is 11.3 Å². The fourth-order valence-electron chi connectivity index (χ4n) is 2.66. The number of rotatable bonds is 7. The first-order valence-corrected chi connectivity index (χ1v) is 10.5. The summed E-state index contributed by atoms with van der Waals surface area (Å²) in [5.74, 6) is -0.199. The SMILES string of the molecule is CCc1nnc(CNC(=O)C[C@@H]2COCCN2S(=O)(=O)C2CC2)s1. The number of ether oxygens (including phenoxy) is 1. The molecule has 1 saturated heterocycles. The van der Waals surface area contributed by atoms with Crippen molar-refractivity contribution in [2.75, 3.05) is 19.8 Å². The number of sulfonamides is 1. The monoisotopic (exact) mass is 374 g/mol. The predicted molar refractivity (Wildman–Crippen MR) is 89.0 cm³/mol. The van der Waals surface area contributed by atoms with Crippen LogP contribution in [-0.2, 0) is 32.5 Å². The Bertz CT molecular complexity index is 687. The van der Waals surface area contributed by atoms with Crippen molar-refractivity contribution < 1.29 is 17.9 Å². The van der Waals surface area contributed by atoms with Crippen molar-refractivity contribution in [1.29, 1.82) is 0 Å². The first-order chi connectivity index (χ1) is 11.5. The number of morpholine rings is 1. The minimum absolute atomic E-state index is 0.103. The Hall–Kier alpha value is -1.10. The second-order valence-corrected chi connectivity index (χ2v) is 9.32. The number of aromatic nitrogens is 2. The zero-order valence-corrected chi connectivity index (χ0v) is 15.2. The molecule has 10 heteroatoms. The minimum Gasteiger partial charge on any atom is -0.378 e. The van der Waals surface area contributed by atoms with Crippen molar-refractivity contribution in [2.24, 2.45) is 0 Å². The number of hydrogen-bond acceptors (Lipinski definition) is 7. The number of nitrogens with zero attached hydrogens (tertiary/aromatic N) is 3. The van der Waals surface area contributed by atoms with Crippen LogP contribution in [0.25, 0.3) is 0 Å². The van der Waals surface area contributed by atoms with Gasteiger partial charge in [0, 0.05) is 13.0 Å². The quantitative estimate of drug-likeness (QED) is 0.737. The van der Waals surface area contributed by atoms with Gasteiger partial charge in [-0.3, -0.25) is 4.79 Å². The second-order valence-electron chi connectivity index (χ2n) is 6.01. The van der Waals surface area contributed by atoms with E-state index in [2.05, 4.69) is 15.5 Å². The van der Waals surface area contributed by atoms with E-state index in [1.54, 1.807) is 0 Å². The number of carbonyl (C=O) groups excluding carboxylic acids is 1. The Morgan fingerprint density at radius 2 is 2.12 bits per heavy atom. The van der Waals surface area contributed by atoms with Crippen molar-refractivity contribution in [3.8, 4) is 0 Å². The first-order valence-electron chi connectivity index (χ1n) is 8.17. The van der Waals surface area contributed by atoms with Gasteiger partial charge < -0.3 is 10.1 Å². The molecule has 2 fully saturated rings. The maximum absolute atomic E-state index is 12.5. The van der Waals surface area contributed by atoms with Gasteiger partial charge in [0.15, 0.2) is 0 Å². The van der Waals surface area contributed by atoms with Crippen LogP contribution in [0.15, 0.2) is 0 Å². The third-order valence-electron chi connectivity index (χ3n) is 4.11. The summed E-state index contributed by atoms with van der Waals surface area (Å²) in [5, 5.41) is 12.2. The summed E-state index contributed by atoms with van der Waals surface area (Å²) in [6, 6.07) is -0.426. The van der Waals surface area contributed by atoms with Gasteiger partial charge in [-0.05, 0) is 19.3 Å². The van der Waals surface area contributed by atoms with E-state index in [-0.39, 0.29) is 24.2 Å². The molecular weight excluding hydrogens is 352 g/mol. The third-order valence-corrected chi connectivity index (χ3v) is 7.63. The van der Waals surface area contributed by atoms with Crippen molar-refractivity contribution >= 4 is 27.3 Å². The van der Waals surface area contributed by atoms with Crippen molar-refractivity contribution in [1.82, 2.24) is 19.8 Å². The van der Waals surface area contributed by atoms with Gasteiger partial charge in [0.25, 0.3) is 0 Å². The highest BCUT2D eigenvalue weighted by Gasteiger charge is 2.44. The van der Waals surface area contributed by atoms with E-state index >= 15 is 0 Å². The lowest BCUT2D eigenvalue weighted by atomic mass is 10.2. The maximum atomic E-state index is 12.5. The lowest BCUT2D eigenvalue weighted by molar-refractivity contribution is -0.123. The number of aryl methyl sites for hydroxylation is 1. The summed E-state index contributed by atoms with van der Waals surface area (Å²) in [7, 11) is -3.30. The van der Waals surface area contributed by atoms with Crippen LogP contribution in [0, 0.1) is 0 Å². The highest BCUT2D eigenvalue weighted by molar-refractivity contribution is 7.90. The molecule has 1 aliphatic heterocycles. The lowest BCUT2D eigenvalue weighted by Gasteiger charge is -2.34. The minimum atomic E-state index is -3.30. The van der Waals surface area contributed by atoms with Crippen molar-refractivity contribution in [3.05, 3.63) is 10.0 Å². The van der Waals surface area contributed by atoms with E-state index in [0.29, 0.717) is 19.7 Å². The molecule has 1 amide bonds. The van der Waals surface area contributed by atoms with E-state index < -0.39 is 16.1 Å². The molecule has 0 bridgehead atoms. The molecule has 1 N–H and O–H groups in total. The molecule has 0 radical (unpaired) electrons. The Labute approximate surface area is 145 Å². The number of hydrogen-bond donors (Lipinski definition) is 1. The van der Waals surface area contributed by atoms with Crippen LogP contribution in [0.4, 0.5) is 0 Å². The Kier molecular flexibility index (Phi) is 5.48. The van der Waals surface area contributed by atoms with Gasteiger partial charge in [-0.25, -0.2) is 8.42 Å². The number of amides is 1. The van der Waals surface area contributed by atoms with Gasteiger partial charge in [-0.2, -0.15) is 4.31 Å². The average Bonchev–Trinajstić information content (AvgIpc) is 3.33. The van der Waals surface area contributed by atoms with E-state index in [4.69, 9.17) is 4.74 Å². The van der Waals surface area contributed by atoms with Gasteiger partial charge in [-0.15, -0.1) is 10.2 Å². The molecule has 0 spiro atoms. The molecule has 134 valence electrons. The largest absolute Gasteiger partial charge is 0.378 e. The molecule has 24 heavy (non-hydrogen) atoms. The Morgan fingerprint density at radius 3 is 2.79 bits per heavy atom. The number of carbonyl (C=O) groups is 1. The topological polar surface area (TPSA) is 101 Å². The molecule has 0 aromatic carbocycles. The van der Waals surface area contributed by atoms with Crippen LogP contribution < -0.4 is 5.32 Å². The summed E-state index contributed by atoms with van der Waals surface area (Å²) >= 11 is 1.47. The Morgan fingerprint density at radius 1 is 1.38 bits per heavy atom. The van der Waals surface area contributed by atoms with Crippen LogP contribution in [0.3, 0.4) is 0 Å². The molecule has 0 unspecified atom stereocenters. The standard InChI is InChI=1S/C14H22N4O4S2/c1-2-13-16-17-14(23-13)8-15-12(19)7-10-9-22-6-5-18(10)24(20,21)11-3-4-11/h10-11H,2-9H2,1H3,(H,15,19)/t10-/m1/s1. The normalized spacial score (nSPS) is 22.5. The third kappa shape index (κ3) is 4.11. The molecule has 8 nitrogen and oxygen atoms in total. The second kappa shape index (κ2) is 7.42. The van der Waals surface area contributed by atoms with E-state index in [1.165, 1.54) is 15.6 Å². The zero-order chi connectivity index (χ0) is 17.2. The smallest absolute Gasteiger partial charge is 0.222 e. The summed E-state index contributed by atoms with van der Waals surface area (Å²) in [6.07, 6.45) is 2.36. The Balaban J connectivity index is 1.55. The molecule has 1 aromatic rings. The molecule has 3 rings (SSSR count). The summed E-state index contributed by atoms with van der Waals surface area (Å²) in [5.41, 5.74) is 0. The fourth-order valence-corrected chi connectivity index (χ4v) is 5.37. The summed E-state index contributed by atoms with van der Waals surface area (Å²) in [4.78, 5) is 12.2. The summed E-state index contributed by atoms with van der Waals surface area (Å²) < 4.78 is 31.8. The maximum Gasteiger partial charge on any atom is 0.222 e. The van der Waals surface area contributed by atoms with Gasteiger partial charge in [0.05, 0.1) is 31.1 Å². The van der Waals surface area contributed by atoms with E-state index in [0.717, 1.165) is 29.3 Å². The molecule has 2 aliphatic rings. The highest BCUT2D eigenvalue weighted by Crippen LogP contribution is 2.33. The lowest BCUT2D eigenvalue weighted by Crippen LogP contribution is -2.51. The van der Waals surface area contributed by atoms with Gasteiger partial charge >= 0.3 is 0 Å². The summed E-state index contributed by atoms with van der Waals surface area (Å²) in [6.45, 7) is 3.29. The molecular formula is C14H22N4O4S2. The van der Waals surface area contributed by atoms with Crippen LogP contribution in [-0.4, -0.2) is 59.9 Å². The highest BCUT2D eigenvalue weighted by atomic mass is 32.2.